The van der Waals surface area contributed by atoms with Crippen LogP contribution in [0.4, 0.5) is 4.39 Å². The lowest BCUT2D eigenvalue weighted by atomic mass is 10.0. The Kier molecular flexibility index (Phi) is 6.12. The van der Waals surface area contributed by atoms with Gasteiger partial charge >= 0.3 is 0 Å². The summed E-state index contributed by atoms with van der Waals surface area (Å²) in [6.07, 6.45) is 0.413. The highest BCUT2D eigenvalue weighted by molar-refractivity contribution is 8.00. The largest absolute Gasteiger partial charge is 0.392 e. The van der Waals surface area contributed by atoms with Crippen LogP contribution in [0.3, 0.4) is 0 Å². The van der Waals surface area contributed by atoms with E-state index in [1.165, 1.54) is 12.1 Å². The molecule has 0 heterocycles. The number of nitrogens with two attached hydrogens (primary N) is 1. The molecule has 0 saturated heterocycles. The minimum Gasteiger partial charge on any atom is -0.392 e. The van der Waals surface area contributed by atoms with Gasteiger partial charge in [0.2, 0.25) is 0 Å². The number of hydrogen-bond acceptors (Lipinski definition) is 3. The van der Waals surface area contributed by atoms with Crippen molar-refractivity contribution in [3.05, 3.63) is 35.6 Å². The topological polar surface area (TPSA) is 46.2 Å². The second kappa shape index (κ2) is 7.12. The lowest BCUT2D eigenvalue weighted by Gasteiger charge is -2.27. The van der Waals surface area contributed by atoms with Gasteiger partial charge < -0.3 is 10.8 Å². The average molecular weight is 271 g/mol. The SMILES string of the molecule is CCC(N)C(SC(C)C(C)O)c1cccc(F)c1. The number of halogens is 1. The normalized spacial score (nSPS) is 18.1. The Hall–Kier alpha value is -0.580. The summed E-state index contributed by atoms with van der Waals surface area (Å²) in [7, 11) is 0. The maximum atomic E-state index is 13.3. The van der Waals surface area contributed by atoms with E-state index in [1.54, 1.807) is 24.8 Å². The Morgan fingerprint density at radius 2 is 2.06 bits per heavy atom. The fraction of sp³-hybridized carbons (Fsp3) is 0.571. The monoisotopic (exact) mass is 271 g/mol. The molecule has 4 atom stereocenters. The first kappa shape index (κ1) is 15.5. The van der Waals surface area contributed by atoms with Gasteiger partial charge in [0, 0.05) is 16.5 Å². The van der Waals surface area contributed by atoms with Crippen molar-refractivity contribution in [2.75, 3.05) is 0 Å². The van der Waals surface area contributed by atoms with Crippen LogP contribution in [0.1, 0.15) is 38.0 Å². The lowest BCUT2D eigenvalue weighted by Crippen LogP contribution is -2.29. The van der Waals surface area contributed by atoms with Crippen molar-refractivity contribution < 1.29 is 9.50 Å². The third-order valence-electron chi connectivity index (χ3n) is 3.08. The van der Waals surface area contributed by atoms with Crippen LogP contribution < -0.4 is 5.73 Å². The number of benzene rings is 1. The Bertz CT molecular complexity index is 373. The van der Waals surface area contributed by atoms with Crippen molar-refractivity contribution in [2.24, 2.45) is 5.73 Å². The molecule has 0 radical (unpaired) electrons. The fourth-order valence-electron chi connectivity index (χ4n) is 1.67. The molecule has 0 amide bonds. The van der Waals surface area contributed by atoms with Gasteiger partial charge in [-0.25, -0.2) is 4.39 Å². The third kappa shape index (κ3) is 4.26. The van der Waals surface area contributed by atoms with E-state index in [2.05, 4.69) is 0 Å². The fourth-order valence-corrected chi connectivity index (χ4v) is 3.06. The molecule has 0 aliphatic rings. The number of rotatable bonds is 6. The Labute approximate surface area is 113 Å². The minimum absolute atomic E-state index is 0.00954. The van der Waals surface area contributed by atoms with E-state index in [1.807, 2.05) is 19.9 Å². The molecule has 0 aromatic heterocycles. The Morgan fingerprint density at radius 3 is 2.56 bits per heavy atom. The van der Waals surface area contributed by atoms with Gasteiger partial charge in [-0.15, -0.1) is 11.8 Å². The molecule has 4 unspecified atom stereocenters. The molecule has 4 heteroatoms. The zero-order valence-corrected chi connectivity index (χ0v) is 12.0. The molecule has 3 N–H and O–H groups in total. The maximum absolute atomic E-state index is 13.3. The first-order valence-electron chi connectivity index (χ1n) is 6.30. The summed E-state index contributed by atoms with van der Waals surface area (Å²) < 4.78 is 13.3. The quantitative estimate of drug-likeness (QED) is 0.835. The molecular formula is C14H22FNOS. The van der Waals surface area contributed by atoms with Gasteiger partial charge in [0.05, 0.1) is 6.10 Å². The van der Waals surface area contributed by atoms with E-state index in [9.17, 15) is 9.50 Å². The summed E-state index contributed by atoms with van der Waals surface area (Å²) >= 11 is 1.61. The zero-order valence-electron chi connectivity index (χ0n) is 11.1. The molecule has 2 nitrogen and oxygen atoms in total. The zero-order chi connectivity index (χ0) is 13.7. The van der Waals surface area contributed by atoms with Gasteiger partial charge in [-0.2, -0.15) is 0 Å². The summed E-state index contributed by atoms with van der Waals surface area (Å²) in [5, 5.41) is 9.67. The summed E-state index contributed by atoms with van der Waals surface area (Å²) in [5.41, 5.74) is 7.01. The van der Waals surface area contributed by atoms with E-state index < -0.39 is 6.10 Å². The van der Waals surface area contributed by atoms with Gasteiger partial charge in [-0.3, -0.25) is 0 Å². The number of aliphatic hydroxyl groups is 1. The van der Waals surface area contributed by atoms with Crippen molar-refractivity contribution in [2.45, 2.75) is 49.8 Å². The summed E-state index contributed by atoms with van der Waals surface area (Å²) in [6, 6.07) is 6.51. The minimum atomic E-state index is -0.407. The third-order valence-corrected chi connectivity index (χ3v) is 4.82. The van der Waals surface area contributed by atoms with Crippen LogP contribution in [0.15, 0.2) is 24.3 Å². The highest BCUT2D eigenvalue weighted by Crippen LogP contribution is 2.36. The van der Waals surface area contributed by atoms with Crippen LogP contribution in [-0.2, 0) is 0 Å². The number of hydrogen-bond donors (Lipinski definition) is 2. The highest BCUT2D eigenvalue weighted by Gasteiger charge is 2.23. The predicted octanol–water partition coefficient (Wildman–Crippen LogP) is 3.11. The number of aliphatic hydroxyl groups excluding tert-OH is 1. The van der Waals surface area contributed by atoms with Crippen molar-refractivity contribution in [3.8, 4) is 0 Å². The van der Waals surface area contributed by atoms with E-state index in [-0.39, 0.29) is 22.4 Å². The van der Waals surface area contributed by atoms with Gasteiger partial charge in [-0.05, 0) is 31.0 Å². The second-order valence-corrected chi connectivity index (χ2v) is 6.15. The summed E-state index contributed by atoms with van der Waals surface area (Å²) in [4.78, 5) is 0. The van der Waals surface area contributed by atoms with Gasteiger partial charge in [-0.1, -0.05) is 26.0 Å². The molecule has 0 bridgehead atoms. The van der Waals surface area contributed by atoms with Crippen LogP contribution in [0, 0.1) is 5.82 Å². The first-order chi connectivity index (χ1) is 8.45. The standard InChI is InChI=1S/C14H22FNOS/c1-4-13(16)14(18-10(3)9(2)17)11-6-5-7-12(15)8-11/h5-10,13-14,17H,4,16H2,1-3H3. The molecule has 0 fully saturated rings. The highest BCUT2D eigenvalue weighted by atomic mass is 32.2. The molecule has 0 aliphatic carbocycles. The maximum Gasteiger partial charge on any atom is 0.123 e. The first-order valence-corrected chi connectivity index (χ1v) is 7.24. The summed E-state index contributed by atoms with van der Waals surface area (Å²) in [5.74, 6) is -0.244. The van der Waals surface area contributed by atoms with Crippen molar-refractivity contribution in [1.29, 1.82) is 0 Å². The number of thioether (sulfide) groups is 1. The molecule has 18 heavy (non-hydrogen) atoms. The average Bonchev–Trinajstić information content (AvgIpc) is 2.34. The van der Waals surface area contributed by atoms with Crippen LogP contribution in [0.5, 0.6) is 0 Å². The van der Waals surface area contributed by atoms with E-state index in [0.29, 0.717) is 0 Å². The Morgan fingerprint density at radius 1 is 1.39 bits per heavy atom. The molecule has 0 saturated carbocycles. The van der Waals surface area contributed by atoms with Crippen molar-refractivity contribution >= 4 is 11.8 Å². The molecule has 1 aromatic rings. The van der Waals surface area contributed by atoms with Crippen molar-refractivity contribution in [1.82, 2.24) is 0 Å². The van der Waals surface area contributed by atoms with E-state index in [0.717, 1.165) is 12.0 Å². The molecule has 0 spiro atoms. The lowest BCUT2D eigenvalue weighted by molar-refractivity contribution is 0.196. The van der Waals surface area contributed by atoms with Crippen LogP contribution in [-0.4, -0.2) is 22.5 Å². The van der Waals surface area contributed by atoms with E-state index >= 15 is 0 Å². The van der Waals surface area contributed by atoms with Gasteiger partial charge in [0.25, 0.3) is 0 Å². The van der Waals surface area contributed by atoms with Crippen LogP contribution >= 0.6 is 11.8 Å². The van der Waals surface area contributed by atoms with Crippen LogP contribution in [0.2, 0.25) is 0 Å². The van der Waals surface area contributed by atoms with Crippen LogP contribution in [0.25, 0.3) is 0 Å². The molecule has 0 aliphatic heterocycles. The summed E-state index contributed by atoms with van der Waals surface area (Å²) in [6.45, 7) is 5.74. The predicted molar refractivity (Wildman–Crippen MR) is 76.1 cm³/mol. The second-order valence-electron chi connectivity index (χ2n) is 4.63. The van der Waals surface area contributed by atoms with E-state index in [4.69, 9.17) is 5.73 Å². The molecular weight excluding hydrogens is 249 g/mol. The van der Waals surface area contributed by atoms with Crippen molar-refractivity contribution in [3.63, 3.8) is 0 Å². The molecule has 1 aromatic carbocycles. The van der Waals surface area contributed by atoms with Gasteiger partial charge in [0.1, 0.15) is 5.82 Å². The Balaban J connectivity index is 2.91. The van der Waals surface area contributed by atoms with Gasteiger partial charge in [0.15, 0.2) is 0 Å². The molecule has 1 rings (SSSR count). The smallest absolute Gasteiger partial charge is 0.123 e. The molecule has 102 valence electrons.